The molecule has 0 radical (unpaired) electrons. The lowest BCUT2D eigenvalue weighted by atomic mass is 10.0. The number of ether oxygens (including phenoxy) is 1. The molecule has 0 atom stereocenters. The normalized spacial score (nSPS) is 10.6. The van der Waals surface area contributed by atoms with Crippen LogP contribution in [0.15, 0.2) is 36.4 Å². The maximum atomic E-state index is 6.41. The second-order valence-corrected chi connectivity index (χ2v) is 5.19. The molecule has 0 heterocycles. The number of hydrogen-bond donors (Lipinski definition) is 1. The highest BCUT2D eigenvalue weighted by atomic mass is 35.5. The molecule has 0 bridgehead atoms. The number of benzene rings is 2. The van der Waals surface area contributed by atoms with Crippen molar-refractivity contribution in [1.29, 1.82) is 0 Å². The lowest BCUT2D eigenvalue weighted by molar-refractivity contribution is 0.412. The number of methoxy groups -OCH3 is 1. The quantitative estimate of drug-likeness (QED) is 0.879. The number of hydrogen-bond acceptors (Lipinski definition) is 2. The number of rotatable bonds is 5. The van der Waals surface area contributed by atoms with Crippen LogP contribution in [0.3, 0.4) is 0 Å². The third kappa shape index (κ3) is 3.33. The van der Waals surface area contributed by atoms with E-state index in [-0.39, 0.29) is 0 Å². The SMILES string of the molecule is CCNCc1ccc(-c2ccc(OC)c(C)c2)c(Cl)c1. The van der Waals surface area contributed by atoms with Crippen molar-refractivity contribution in [3.05, 3.63) is 52.5 Å². The van der Waals surface area contributed by atoms with Crippen LogP contribution < -0.4 is 10.1 Å². The summed E-state index contributed by atoms with van der Waals surface area (Å²) in [5.41, 5.74) is 4.48. The van der Waals surface area contributed by atoms with Crippen LogP contribution in [0.4, 0.5) is 0 Å². The molecule has 2 aromatic rings. The Labute approximate surface area is 125 Å². The standard InChI is InChI=1S/C17H20ClNO/c1-4-19-11-13-5-7-15(16(18)10-13)14-6-8-17(20-3)12(2)9-14/h5-10,19H,4,11H2,1-3H3. The summed E-state index contributed by atoms with van der Waals surface area (Å²) >= 11 is 6.41. The average molecular weight is 290 g/mol. The first-order chi connectivity index (χ1) is 9.65. The molecule has 0 aliphatic heterocycles. The van der Waals surface area contributed by atoms with E-state index in [9.17, 15) is 0 Å². The van der Waals surface area contributed by atoms with E-state index in [0.717, 1.165) is 40.6 Å². The van der Waals surface area contributed by atoms with E-state index in [4.69, 9.17) is 16.3 Å². The molecular formula is C17H20ClNO. The van der Waals surface area contributed by atoms with Gasteiger partial charge in [0.1, 0.15) is 5.75 Å². The zero-order valence-corrected chi connectivity index (χ0v) is 12.9. The van der Waals surface area contributed by atoms with Gasteiger partial charge in [-0.2, -0.15) is 0 Å². The van der Waals surface area contributed by atoms with Crippen LogP contribution in [0.2, 0.25) is 5.02 Å². The Balaban J connectivity index is 2.31. The predicted octanol–water partition coefficient (Wildman–Crippen LogP) is 4.43. The molecule has 0 aromatic heterocycles. The first kappa shape index (κ1) is 14.9. The molecule has 20 heavy (non-hydrogen) atoms. The zero-order valence-electron chi connectivity index (χ0n) is 12.2. The Kier molecular flexibility index (Phi) is 5.05. The lowest BCUT2D eigenvalue weighted by Gasteiger charge is -2.10. The fourth-order valence-corrected chi connectivity index (χ4v) is 2.53. The monoisotopic (exact) mass is 289 g/mol. The summed E-state index contributed by atoms with van der Waals surface area (Å²) in [7, 11) is 1.69. The minimum Gasteiger partial charge on any atom is -0.496 e. The van der Waals surface area contributed by atoms with Gasteiger partial charge in [0, 0.05) is 17.1 Å². The van der Waals surface area contributed by atoms with Crippen LogP contribution in [0.1, 0.15) is 18.1 Å². The molecule has 0 unspecified atom stereocenters. The summed E-state index contributed by atoms with van der Waals surface area (Å²) in [6.07, 6.45) is 0. The molecule has 2 aromatic carbocycles. The van der Waals surface area contributed by atoms with Crippen LogP contribution in [0.25, 0.3) is 11.1 Å². The lowest BCUT2D eigenvalue weighted by Crippen LogP contribution is -2.11. The fourth-order valence-electron chi connectivity index (χ4n) is 2.22. The van der Waals surface area contributed by atoms with Gasteiger partial charge in [-0.15, -0.1) is 0 Å². The van der Waals surface area contributed by atoms with Gasteiger partial charge < -0.3 is 10.1 Å². The van der Waals surface area contributed by atoms with Gasteiger partial charge in [0.25, 0.3) is 0 Å². The van der Waals surface area contributed by atoms with Crippen LogP contribution >= 0.6 is 11.6 Å². The van der Waals surface area contributed by atoms with E-state index in [0.29, 0.717) is 0 Å². The first-order valence-corrected chi connectivity index (χ1v) is 7.17. The molecule has 1 N–H and O–H groups in total. The Morgan fingerprint density at radius 1 is 1.15 bits per heavy atom. The Bertz CT molecular complexity index is 596. The van der Waals surface area contributed by atoms with Crippen LogP contribution in [0, 0.1) is 6.92 Å². The Morgan fingerprint density at radius 2 is 1.95 bits per heavy atom. The van der Waals surface area contributed by atoms with Crippen LogP contribution in [0.5, 0.6) is 5.75 Å². The zero-order chi connectivity index (χ0) is 14.5. The van der Waals surface area contributed by atoms with Crippen molar-refractivity contribution in [3.63, 3.8) is 0 Å². The van der Waals surface area contributed by atoms with Crippen molar-refractivity contribution in [2.24, 2.45) is 0 Å². The van der Waals surface area contributed by atoms with Gasteiger partial charge in [0.15, 0.2) is 0 Å². The van der Waals surface area contributed by atoms with Gasteiger partial charge in [-0.05, 0) is 48.4 Å². The van der Waals surface area contributed by atoms with Crippen molar-refractivity contribution in [2.45, 2.75) is 20.4 Å². The van der Waals surface area contributed by atoms with E-state index >= 15 is 0 Å². The largest absolute Gasteiger partial charge is 0.496 e. The summed E-state index contributed by atoms with van der Waals surface area (Å²) in [4.78, 5) is 0. The predicted molar refractivity (Wildman–Crippen MR) is 85.6 cm³/mol. The van der Waals surface area contributed by atoms with Crippen LogP contribution in [-0.2, 0) is 6.54 Å². The molecule has 0 aliphatic carbocycles. The number of halogens is 1. The summed E-state index contributed by atoms with van der Waals surface area (Å²) in [6.45, 7) is 5.93. The van der Waals surface area contributed by atoms with Gasteiger partial charge in [0.2, 0.25) is 0 Å². The Morgan fingerprint density at radius 3 is 2.55 bits per heavy atom. The topological polar surface area (TPSA) is 21.3 Å². The van der Waals surface area contributed by atoms with E-state index in [1.807, 2.05) is 25.1 Å². The van der Waals surface area contributed by atoms with Gasteiger partial charge in [-0.3, -0.25) is 0 Å². The highest BCUT2D eigenvalue weighted by Gasteiger charge is 2.07. The average Bonchev–Trinajstić information content (AvgIpc) is 2.45. The third-order valence-corrected chi connectivity index (χ3v) is 3.63. The second kappa shape index (κ2) is 6.78. The molecule has 3 heteroatoms. The molecule has 0 saturated carbocycles. The third-order valence-electron chi connectivity index (χ3n) is 3.32. The number of nitrogens with one attached hydrogen (secondary N) is 1. The maximum Gasteiger partial charge on any atom is 0.121 e. The maximum absolute atomic E-state index is 6.41. The minimum absolute atomic E-state index is 0.782. The van der Waals surface area contributed by atoms with E-state index < -0.39 is 0 Å². The molecule has 0 spiro atoms. The fraction of sp³-hybridized carbons (Fsp3) is 0.294. The van der Waals surface area contributed by atoms with E-state index in [1.165, 1.54) is 5.56 Å². The van der Waals surface area contributed by atoms with Crippen molar-refractivity contribution in [1.82, 2.24) is 5.32 Å². The van der Waals surface area contributed by atoms with E-state index in [1.54, 1.807) is 7.11 Å². The number of aryl methyl sites for hydroxylation is 1. The molecule has 2 nitrogen and oxygen atoms in total. The summed E-state index contributed by atoms with van der Waals surface area (Å²) in [5, 5.41) is 4.08. The van der Waals surface area contributed by atoms with E-state index in [2.05, 4.69) is 30.4 Å². The van der Waals surface area contributed by atoms with Crippen molar-refractivity contribution in [2.75, 3.05) is 13.7 Å². The minimum atomic E-state index is 0.782. The molecule has 106 valence electrons. The van der Waals surface area contributed by atoms with Crippen molar-refractivity contribution >= 4 is 11.6 Å². The highest BCUT2D eigenvalue weighted by molar-refractivity contribution is 6.33. The smallest absolute Gasteiger partial charge is 0.121 e. The van der Waals surface area contributed by atoms with Crippen molar-refractivity contribution < 1.29 is 4.74 Å². The highest BCUT2D eigenvalue weighted by Crippen LogP contribution is 2.31. The van der Waals surface area contributed by atoms with Gasteiger partial charge in [-0.25, -0.2) is 0 Å². The van der Waals surface area contributed by atoms with Gasteiger partial charge in [-0.1, -0.05) is 36.7 Å². The van der Waals surface area contributed by atoms with Crippen molar-refractivity contribution in [3.8, 4) is 16.9 Å². The molecule has 0 fully saturated rings. The summed E-state index contributed by atoms with van der Waals surface area (Å²) in [6, 6.07) is 12.3. The molecular weight excluding hydrogens is 270 g/mol. The summed E-state index contributed by atoms with van der Waals surface area (Å²) in [5.74, 6) is 0.897. The molecule has 2 rings (SSSR count). The van der Waals surface area contributed by atoms with Crippen LogP contribution in [-0.4, -0.2) is 13.7 Å². The van der Waals surface area contributed by atoms with Gasteiger partial charge in [0.05, 0.1) is 7.11 Å². The Hall–Kier alpha value is -1.51. The second-order valence-electron chi connectivity index (χ2n) is 4.78. The molecule has 0 saturated heterocycles. The molecule has 0 aliphatic rings. The first-order valence-electron chi connectivity index (χ1n) is 6.80. The summed E-state index contributed by atoms with van der Waals surface area (Å²) < 4.78 is 5.29. The molecule has 0 amide bonds. The van der Waals surface area contributed by atoms with Gasteiger partial charge >= 0.3 is 0 Å².